The Morgan fingerprint density at radius 3 is 2.50 bits per heavy atom. The summed E-state index contributed by atoms with van der Waals surface area (Å²) in [4.78, 5) is 12.5. The molecule has 0 radical (unpaired) electrons. The molecule has 1 unspecified atom stereocenters. The standard InChI is InChI=1S/C9H12N4O/c1-4-5(2)11-8-7(10-4)9(14)13-6(3)12-8/h9,14H,1-3H3,(H,11,12,13). The predicted octanol–water partition coefficient (Wildman–Crippen LogP) is 0.928. The summed E-state index contributed by atoms with van der Waals surface area (Å²) in [6, 6.07) is 0. The van der Waals surface area contributed by atoms with Gasteiger partial charge in [0.05, 0.1) is 11.4 Å². The average molecular weight is 192 g/mol. The van der Waals surface area contributed by atoms with Crippen molar-refractivity contribution in [3.63, 3.8) is 0 Å². The Morgan fingerprint density at radius 2 is 1.79 bits per heavy atom. The summed E-state index contributed by atoms with van der Waals surface area (Å²) in [5.74, 6) is 1.26. The van der Waals surface area contributed by atoms with E-state index in [4.69, 9.17) is 0 Å². The lowest BCUT2D eigenvalue weighted by atomic mass is 10.2. The molecule has 1 aromatic heterocycles. The van der Waals surface area contributed by atoms with Gasteiger partial charge in [-0.05, 0) is 20.8 Å². The van der Waals surface area contributed by atoms with Gasteiger partial charge in [-0.15, -0.1) is 0 Å². The molecule has 1 aliphatic heterocycles. The summed E-state index contributed by atoms with van der Waals surface area (Å²) >= 11 is 0. The van der Waals surface area contributed by atoms with Gasteiger partial charge in [0.1, 0.15) is 11.5 Å². The van der Waals surface area contributed by atoms with Crippen LogP contribution in [0.4, 0.5) is 5.82 Å². The van der Waals surface area contributed by atoms with E-state index in [0.717, 1.165) is 11.4 Å². The molecule has 2 rings (SSSR count). The number of aliphatic imine (C=N–C) groups is 1. The van der Waals surface area contributed by atoms with Crippen molar-refractivity contribution in [1.82, 2.24) is 9.97 Å². The second kappa shape index (κ2) is 3.02. The summed E-state index contributed by atoms with van der Waals surface area (Å²) < 4.78 is 0. The fourth-order valence-electron chi connectivity index (χ4n) is 1.34. The maximum absolute atomic E-state index is 9.62. The zero-order chi connectivity index (χ0) is 10.3. The Morgan fingerprint density at radius 1 is 1.14 bits per heavy atom. The predicted molar refractivity (Wildman–Crippen MR) is 53.2 cm³/mol. The molecular weight excluding hydrogens is 180 g/mol. The molecule has 1 atom stereocenters. The van der Waals surface area contributed by atoms with Crippen molar-refractivity contribution in [2.45, 2.75) is 27.0 Å². The summed E-state index contributed by atoms with van der Waals surface area (Å²) in [5.41, 5.74) is 2.18. The molecular formula is C9H12N4O. The molecule has 74 valence electrons. The molecule has 2 heterocycles. The van der Waals surface area contributed by atoms with Gasteiger partial charge in [0.15, 0.2) is 12.0 Å². The van der Waals surface area contributed by atoms with Crippen molar-refractivity contribution in [3.8, 4) is 0 Å². The van der Waals surface area contributed by atoms with Crippen LogP contribution in [0.1, 0.15) is 30.2 Å². The normalized spacial score (nSPS) is 19.7. The molecule has 5 nitrogen and oxygen atoms in total. The molecule has 0 saturated carbocycles. The second-order valence-corrected chi connectivity index (χ2v) is 3.34. The van der Waals surface area contributed by atoms with Crippen LogP contribution in [0.25, 0.3) is 0 Å². The van der Waals surface area contributed by atoms with E-state index < -0.39 is 6.23 Å². The van der Waals surface area contributed by atoms with Crippen LogP contribution >= 0.6 is 0 Å². The number of anilines is 1. The number of fused-ring (bicyclic) bond motifs is 1. The number of amidine groups is 1. The smallest absolute Gasteiger partial charge is 0.194 e. The highest BCUT2D eigenvalue weighted by Gasteiger charge is 2.21. The lowest BCUT2D eigenvalue weighted by molar-refractivity contribution is 0.182. The molecule has 0 aliphatic carbocycles. The molecule has 0 bridgehead atoms. The van der Waals surface area contributed by atoms with Gasteiger partial charge >= 0.3 is 0 Å². The van der Waals surface area contributed by atoms with Gasteiger partial charge in [0.2, 0.25) is 0 Å². The van der Waals surface area contributed by atoms with Crippen LogP contribution in [0.15, 0.2) is 4.99 Å². The van der Waals surface area contributed by atoms with E-state index in [2.05, 4.69) is 20.3 Å². The summed E-state index contributed by atoms with van der Waals surface area (Å²) in [6.07, 6.45) is -0.891. The van der Waals surface area contributed by atoms with Crippen molar-refractivity contribution in [3.05, 3.63) is 17.1 Å². The fourth-order valence-corrected chi connectivity index (χ4v) is 1.34. The van der Waals surface area contributed by atoms with Gasteiger partial charge in [-0.1, -0.05) is 0 Å². The van der Waals surface area contributed by atoms with Gasteiger partial charge in [0.25, 0.3) is 0 Å². The zero-order valence-corrected chi connectivity index (χ0v) is 8.37. The number of nitrogens with zero attached hydrogens (tertiary/aromatic N) is 3. The maximum atomic E-state index is 9.62. The van der Waals surface area contributed by atoms with Gasteiger partial charge in [0, 0.05) is 0 Å². The molecule has 0 spiro atoms. The van der Waals surface area contributed by atoms with Gasteiger partial charge in [-0.3, -0.25) is 0 Å². The zero-order valence-electron chi connectivity index (χ0n) is 8.37. The largest absolute Gasteiger partial charge is 0.366 e. The van der Waals surface area contributed by atoms with Gasteiger partial charge in [-0.2, -0.15) is 0 Å². The van der Waals surface area contributed by atoms with Crippen molar-refractivity contribution < 1.29 is 5.11 Å². The van der Waals surface area contributed by atoms with Crippen LogP contribution < -0.4 is 5.32 Å². The first-order valence-corrected chi connectivity index (χ1v) is 4.42. The summed E-state index contributed by atoms with van der Waals surface area (Å²) in [6.45, 7) is 5.53. The third-order valence-electron chi connectivity index (χ3n) is 2.19. The topological polar surface area (TPSA) is 70.4 Å². The minimum atomic E-state index is -0.891. The number of rotatable bonds is 0. The lowest BCUT2D eigenvalue weighted by Crippen LogP contribution is -2.21. The molecule has 1 aromatic rings. The van der Waals surface area contributed by atoms with Crippen molar-refractivity contribution in [2.24, 2.45) is 4.99 Å². The van der Waals surface area contributed by atoms with E-state index in [1.54, 1.807) is 6.92 Å². The first-order valence-electron chi connectivity index (χ1n) is 4.42. The molecule has 2 N–H and O–H groups in total. The van der Waals surface area contributed by atoms with Crippen LogP contribution in [0, 0.1) is 13.8 Å². The highest BCUT2D eigenvalue weighted by molar-refractivity contribution is 5.94. The SMILES string of the molecule is CC1=NC(O)c2nc(C)c(C)nc2N1. The Balaban J connectivity index is 2.55. The molecule has 0 saturated heterocycles. The minimum absolute atomic E-state index is 0.499. The number of aromatic nitrogens is 2. The number of aryl methyl sites for hydroxylation is 2. The number of aliphatic hydroxyl groups excluding tert-OH is 1. The van der Waals surface area contributed by atoms with E-state index in [1.165, 1.54) is 0 Å². The average Bonchev–Trinajstić information content (AvgIpc) is 2.08. The van der Waals surface area contributed by atoms with Crippen molar-refractivity contribution in [1.29, 1.82) is 0 Å². The Kier molecular flexibility index (Phi) is 1.96. The second-order valence-electron chi connectivity index (χ2n) is 3.34. The third kappa shape index (κ3) is 1.35. The van der Waals surface area contributed by atoms with Gasteiger partial charge in [-0.25, -0.2) is 15.0 Å². The van der Waals surface area contributed by atoms with E-state index in [0.29, 0.717) is 17.3 Å². The lowest BCUT2D eigenvalue weighted by Gasteiger charge is -2.19. The molecule has 1 aliphatic rings. The number of nitrogens with one attached hydrogen (secondary N) is 1. The van der Waals surface area contributed by atoms with Crippen LogP contribution in [0.5, 0.6) is 0 Å². The van der Waals surface area contributed by atoms with E-state index >= 15 is 0 Å². The number of aliphatic hydroxyl groups is 1. The van der Waals surface area contributed by atoms with Crippen LogP contribution in [0.3, 0.4) is 0 Å². The Labute approximate surface area is 81.9 Å². The molecule has 0 fully saturated rings. The molecule has 14 heavy (non-hydrogen) atoms. The maximum Gasteiger partial charge on any atom is 0.194 e. The first-order chi connectivity index (χ1) is 6.58. The highest BCUT2D eigenvalue weighted by atomic mass is 16.3. The molecule has 0 aromatic carbocycles. The van der Waals surface area contributed by atoms with Gasteiger partial charge < -0.3 is 10.4 Å². The van der Waals surface area contributed by atoms with Crippen LogP contribution in [-0.2, 0) is 0 Å². The van der Waals surface area contributed by atoms with E-state index in [9.17, 15) is 5.11 Å². The summed E-state index contributed by atoms with van der Waals surface area (Å²) in [7, 11) is 0. The summed E-state index contributed by atoms with van der Waals surface area (Å²) in [5, 5.41) is 12.6. The monoisotopic (exact) mass is 192 g/mol. The minimum Gasteiger partial charge on any atom is -0.366 e. The van der Waals surface area contributed by atoms with Crippen molar-refractivity contribution >= 4 is 11.7 Å². The van der Waals surface area contributed by atoms with E-state index in [1.807, 2.05) is 13.8 Å². The van der Waals surface area contributed by atoms with E-state index in [-0.39, 0.29) is 0 Å². The quantitative estimate of drug-likeness (QED) is 0.641. The number of hydrogen-bond acceptors (Lipinski definition) is 5. The molecule has 0 amide bonds. The first kappa shape index (κ1) is 9.08. The highest BCUT2D eigenvalue weighted by Crippen LogP contribution is 2.25. The third-order valence-corrected chi connectivity index (χ3v) is 2.19. The van der Waals surface area contributed by atoms with Crippen molar-refractivity contribution in [2.75, 3.05) is 5.32 Å². The van der Waals surface area contributed by atoms with Crippen LogP contribution in [-0.4, -0.2) is 20.9 Å². The fraction of sp³-hybridized carbons (Fsp3) is 0.444. The number of hydrogen-bond donors (Lipinski definition) is 2. The Hall–Kier alpha value is -1.49. The Bertz CT molecular complexity index is 414. The van der Waals surface area contributed by atoms with Crippen LogP contribution in [0.2, 0.25) is 0 Å². The molecule has 5 heteroatoms.